The second-order valence-corrected chi connectivity index (χ2v) is 7.68. The number of rotatable bonds is 5. The summed E-state index contributed by atoms with van der Waals surface area (Å²) in [5.41, 5.74) is 2.82. The largest absolute Gasteiger partial charge is 0.321 e. The molecular weight excluding hydrogens is 452 g/mol. The third-order valence-corrected chi connectivity index (χ3v) is 4.99. The second-order valence-electron chi connectivity index (χ2n) is 6.36. The van der Waals surface area contributed by atoms with Crippen LogP contribution in [0.3, 0.4) is 0 Å². The van der Waals surface area contributed by atoms with Gasteiger partial charge in [-0.05, 0) is 61.0 Å². The fourth-order valence-electron chi connectivity index (χ4n) is 2.54. The number of benzene rings is 3. The fraction of sp³-hybridized carbons (Fsp3) is 0.0435. The van der Waals surface area contributed by atoms with Gasteiger partial charge >= 0.3 is 0 Å². The molecule has 0 spiro atoms. The maximum atomic E-state index is 12.9. The van der Waals surface area contributed by atoms with Crippen LogP contribution >= 0.6 is 27.5 Å². The van der Waals surface area contributed by atoms with Crippen molar-refractivity contribution < 1.29 is 9.59 Å². The minimum atomic E-state index is -0.451. The second kappa shape index (κ2) is 9.54. The molecule has 2 N–H and O–H groups in total. The zero-order valence-electron chi connectivity index (χ0n) is 15.6. The maximum absolute atomic E-state index is 12.9. The molecule has 0 atom stereocenters. The zero-order valence-corrected chi connectivity index (χ0v) is 17.9. The molecule has 0 fully saturated rings. The average molecular weight is 470 g/mol. The van der Waals surface area contributed by atoms with Crippen LogP contribution in [0.25, 0.3) is 6.08 Å². The van der Waals surface area contributed by atoms with Gasteiger partial charge in [0.05, 0.1) is 0 Å². The summed E-state index contributed by atoms with van der Waals surface area (Å²) in [6, 6.07) is 21.4. The molecule has 0 aliphatic carbocycles. The predicted molar refractivity (Wildman–Crippen MR) is 121 cm³/mol. The molecule has 0 heterocycles. The lowest BCUT2D eigenvalue weighted by Crippen LogP contribution is -2.30. The molecule has 6 heteroatoms. The third-order valence-electron chi connectivity index (χ3n) is 4.11. The van der Waals surface area contributed by atoms with Crippen LogP contribution in [-0.4, -0.2) is 11.8 Å². The van der Waals surface area contributed by atoms with Crippen molar-refractivity contribution in [1.82, 2.24) is 5.32 Å². The van der Waals surface area contributed by atoms with E-state index in [1.165, 1.54) is 0 Å². The number of carbonyl (C=O) groups is 2. The minimum Gasteiger partial charge on any atom is -0.321 e. The molecule has 3 rings (SSSR count). The van der Waals surface area contributed by atoms with E-state index in [0.29, 0.717) is 21.8 Å². The Morgan fingerprint density at radius 2 is 1.59 bits per heavy atom. The molecule has 0 aliphatic rings. The summed E-state index contributed by atoms with van der Waals surface area (Å²) >= 11 is 9.59. The first-order valence-electron chi connectivity index (χ1n) is 8.83. The van der Waals surface area contributed by atoms with E-state index >= 15 is 0 Å². The van der Waals surface area contributed by atoms with E-state index in [9.17, 15) is 9.59 Å². The Morgan fingerprint density at radius 1 is 0.931 bits per heavy atom. The van der Waals surface area contributed by atoms with E-state index in [1.807, 2.05) is 37.3 Å². The summed E-state index contributed by atoms with van der Waals surface area (Å²) < 4.78 is 0.898. The van der Waals surface area contributed by atoms with E-state index in [2.05, 4.69) is 26.6 Å². The number of nitrogens with one attached hydrogen (secondary N) is 2. The molecular formula is C23H18BrClN2O2. The third kappa shape index (κ3) is 5.79. The maximum Gasteiger partial charge on any atom is 0.272 e. The Bertz CT molecular complexity index is 1060. The first kappa shape index (κ1) is 20.8. The van der Waals surface area contributed by atoms with E-state index in [0.717, 1.165) is 10.0 Å². The lowest BCUT2D eigenvalue weighted by molar-refractivity contribution is -0.113. The monoisotopic (exact) mass is 468 g/mol. The summed E-state index contributed by atoms with van der Waals surface area (Å²) in [5.74, 6) is -0.832. The first-order chi connectivity index (χ1) is 13.9. The topological polar surface area (TPSA) is 58.2 Å². The van der Waals surface area contributed by atoms with Gasteiger partial charge in [-0.25, -0.2) is 0 Å². The molecule has 3 aromatic rings. The Labute approximate surface area is 182 Å². The van der Waals surface area contributed by atoms with Gasteiger partial charge in [-0.15, -0.1) is 0 Å². The average Bonchev–Trinajstić information content (AvgIpc) is 2.71. The van der Waals surface area contributed by atoms with Crippen LogP contribution in [0.5, 0.6) is 0 Å². The van der Waals surface area contributed by atoms with Gasteiger partial charge in [0, 0.05) is 20.7 Å². The highest BCUT2D eigenvalue weighted by Gasteiger charge is 2.15. The van der Waals surface area contributed by atoms with Gasteiger partial charge in [-0.1, -0.05) is 63.4 Å². The van der Waals surface area contributed by atoms with E-state index < -0.39 is 5.91 Å². The molecule has 29 heavy (non-hydrogen) atoms. The first-order valence-corrected chi connectivity index (χ1v) is 10.0. The Hall–Kier alpha value is -2.89. The van der Waals surface area contributed by atoms with Crippen molar-refractivity contribution in [2.24, 2.45) is 0 Å². The molecule has 0 radical (unpaired) electrons. The van der Waals surface area contributed by atoms with Crippen molar-refractivity contribution in [3.63, 3.8) is 0 Å². The molecule has 0 unspecified atom stereocenters. The molecule has 0 bridgehead atoms. The van der Waals surface area contributed by atoms with E-state index in [1.54, 1.807) is 48.5 Å². The van der Waals surface area contributed by atoms with Crippen molar-refractivity contribution in [2.75, 3.05) is 5.32 Å². The van der Waals surface area contributed by atoms with Crippen molar-refractivity contribution in [2.45, 2.75) is 6.92 Å². The SMILES string of the molecule is Cc1ccc(C(=O)NC(=Cc2ccccc2Cl)C(=O)Nc2ccc(Br)cc2)cc1. The summed E-state index contributed by atoms with van der Waals surface area (Å²) in [6.45, 7) is 1.94. The van der Waals surface area contributed by atoms with Crippen LogP contribution in [0.15, 0.2) is 83.0 Å². The fourth-order valence-corrected chi connectivity index (χ4v) is 2.99. The lowest BCUT2D eigenvalue weighted by Gasteiger charge is -2.12. The normalized spacial score (nSPS) is 11.1. The van der Waals surface area contributed by atoms with Crippen LogP contribution < -0.4 is 10.6 Å². The Kier molecular flexibility index (Phi) is 6.86. The number of anilines is 1. The van der Waals surface area contributed by atoms with Crippen molar-refractivity contribution in [3.8, 4) is 0 Å². The van der Waals surface area contributed by atoms with Crippen molar-refractivity contribution in [3.05, 3.63) is 105 Å². The van der Waals surface area contributed by atoms with Crippen molar-refractivity contribution >= 4 is 51.1 Å². The van der Waals surface area contributed by atoms with Gasteiger partial charge in [0.15, 0.2) is 0 Å². The number of hydrogen-bond acceptors (Lipinski definition) is 2. The number of halogens is 2. The molecule has 0 aromatic heterocycles. The van der Waals surface area contributed by atoms with Gasteiger partial charge in [0.25, 0.3) is 11.8 Å². The van der Waals surface area contributed by atoms with Gasteiger partial charge in [-0.2, -0.15) is 0 Å². The van der Waals surface area contributed by atoms with E-state index in [-0.39, 0.29) is 11.6 Å². The highest BCUT2D eigenvalue weighted by molar-refractivity contribution is 9.10. The summed E-state index contributed by atoms with van der Waals surface area (Å²) in [4.78, 5) is 25.6. The minimum absolute atomic E-state index is 0.0894. The van der Waals surface area contributed by atoms with Crippen LogP contribution in [0.4, 0.5) is 5.69 Å². The van der Waals surface area contributed by atoms with Gasteiger partial charge in [0.2, 0.25) is 0 Å². The van der Waals surface area contributed by atoms with E-state index in [4.69, 9.17) is 11.6 Å². The Morgan fingerprint density at radius 3 is 2.24 bits per heavy atom. The number of aryl methyl sites for hydroxylation is 1. The Balaban J connectivity index is 1.89. The number of hydrogen-bond donors (Lipinski definition) is 2. The predicted octanol–water partition coefficient (Wildman–Crippen LogP) is 5.82. The van der Waals surface area contributed by atoms with Crippen LogP contribution in [-0.2, 0) is 4.79 Å². The number of amides is 2. The summed E-state index contributed by atoms with van der Waals surface area (Å²) in [6.07, 6.45) is 1.56. The molecule has 2 amide bonds. The smallest absolute Gasteiger partial charge is 0.272 e. The molecule has 3 aromatic carbocycles. The summed E-state index contributed by atoms with van der Waals surface area (Å²) in [5, 5.41) is 5.97. The van der Waals surface area contributed by atoms with Gasteiger partial charge in [0.1, 0.15) is 5.70 Å². The molecule has 0 saturated heterocycles. The summed E-state index contributed by atoms with van der Waals surface area (Å²) in [7, 11) is 0. The van der Waals surface area contributed by atoms with Crippen LogP contribution in [0.1, 0.15) is 21.5 Å². The zero-order chi connectivity index (χ0) is 20.8. The van der Waals surface area contributed by atoms with Gasteiger partial charge < -0.3 is 10.6 Å². The molecule has 0 saturated carbocycles. The highest BCUT2D eigenvalue weighted by atomic mass is 79.9. The van der Waals surface area contributed by atoms with Gasteiger partial charge in [-0.3, -0.25) is 9.59 Å². The molecule has 4 nitrogen and oxygen atoms in total. The quantitative estimate of drug-likeness (QED) is 0.463. The molecule has 146 valence electrons. The van der Waals surface area contributed by atoms with Crippen LogP contribution in [0.2, 0.25) is 5.02 Å². The highest BCUT2D eigenvalue weighted by Crippen LogP contribution is 2.19. The molecule has 0 aliphatic heterocycles. The van der Waals surface area contributed by atoms with Crippen LogP contribution in [0, 0.1) is 6.92 Å². The standard InChI is InChI=1S/C23H18BrClN2O2/c1-15-6-8-16(9-7-15)22(28)27-21(14-17-4-2-3-5-20(17)25)23(29)26-19-12-10-18(24)11-13-19/h2-14H,1H3,(H,26,29)(H,27,28). The van der Waals surface area contributed by atoms with Crippen molar-refractivity contribution in [1.29, 1.82) is 0 Å². The number of carbonyl (C=O) groups excluding carboxylic acids is 2. The lowest BCUT2D eigenvalue weighted by atomic mass is 10.1.